The Bertz CT molecular complexity index is 1260. The van der Waals surface area contributed by atoms with Gasteiger partial charge in [-0.25, -0.2) is 9.59 Å². The van der Waals surface area contributed by atoms with Crippen LogP contribution in [0.5, 0.6) is 0 Å². The molecule has 246 valence electrons. The van der Waals surface area contributed by atoms with Crippen LogP contribution in [0.4, 0.5) is 4.79 Å². The summed E-state index contributed by atoms with van der Waals surface area (Å²) in [5.74, 6) is -2.66. The molecule has 0 aromatic heterocycles. The summed E-state index contributed by atoms with van der Waals surface area (Å²) >= 11 is 0.710. The number of esters is 1. The van der Waals surface area contributed by atoms with Crippen LogP contribution in [0, 0.1) is 0 Å². The Balaban J connectivity index is 0.0000101. The van der Waals surface area contributed by atoms with Crippen LogP contribution < -0.4 is 27.0 Å². The van der Waals surface area contributed by atoms with Crippen LogP contribution in [0.1, 0.15) is 30.9 Å². The molecule has 0 aliphatic carbocycles. The maximum Gasteiger partial charge on any atom is 0.408 e. The Morgan fingerprint density at radius 3 is 2.04 bits per heavy atom. The van der Waals surface area contributed by atoms with Gasteiger partial charge in [-0.1, -0.05) is 72.4 Å². The van der Waals surface area contributed by atoms with Crippen LogP contribution in [0.15, 0.2) is 60.7 Å². The molecule has 6 N–H and O–H groups in total. The fraction of sp³-hybridized carbons (Fsp3) is 0.400. The second-order valence-electron chi connectivity index (χ2n) is 9.62. The monoisotopic (exact) mass is 665 g/mol. The van der Waals surface area contributed by atoms with Gasteiger partial charge in [-0.2, -0.15) is 0 Å². The van der Waals surface area contributed by atoms with Crippen molar-refractivity contribution in [1.29, 1.82) is 0 Å². The van der Waals surface area contributed by atoms with Crippen LogP contribution >= 0.6 is 24.2 Å². The number of halogens is 1. The van der Waals surface area contributed by atoms with Gasteiger partial charge in [-0.05, 0) is 31.0 Å². The van der Waals surface area contributed by atoms with Crippen molar-refractivity contribution in [3.05, 3.63) is 71.8 Å². The van der Waals surface area contributed by atoms with E-state index in [2.05, 4.69) is 21.3 Å². The average Bonchev–Trinajstić information content (AvgIpc) is 3.03. The number of benzene rings is 2. The average molecular weight is 666 g/mol. The highest BCUT2D eigenvalue weighted by Gasteiger charge is 2.26. The van der Waals surface area contributed by atoms with Crippen molar-refractivity contribution >= 4 is 59.1 Å². The Kier molecular flexibility index (Phi) is 18.6. The minimum atomic E-state index is -1.22. The topological polar surface area (TPSA) is 195 Å². The zero-order chi connectivity index (χ0) is 32.3. The molecular formula is C30H40ClN5O8S. The second-order valence-corrected chi connectivity index (χ2v) is 10.6. The van der Waals surface area contributed by atoms with Crippen molar-refractivity contribution < 1.29 is 38.2 Å². The standard InChI is InChI=1S/C30H39N5O8S.ClH/c1-20(33-30(41)43-18-22-12-7-4-8-13-22)29(40)44-19-24(28(39)42-2)35-26(37)17-32-27(38)23(34-25(36)14-9-15-31)16-21-10-5-3-6-11-21;/h3-8,10-13,20,23-24H,9,14-19,31H2,1-2H3,(H,32,38)(H,33,41)(H,34,36)(H,35,37);1H/t20-,23-,24-;/m0./s1. The number of methoxy groups -OCH3 is 1. The molecular weight excluding hydrogens is 626 g/mol. The molecule has 2 rings (SSSR count). The minimum Gasteiger partial charge on any atom is -0.467 e. The number of hydrogen-bond donors (Lipinski definition) is 5. The molecule has 15 heteroatoms. The van der Waals surface area contributed by atoms with Gasteiger partial charge in [0.25, 0.3) is 0 Å². The second kappa shape index (κ2) is 21.5. The SMILES string of the molecule is COC(=O)[C@H](CSC(=O)[C@H](C)NC(=O)OCc1ccccc1)NC(=O)CNC(=O)[C@H](Cc1ccccc1)NC(=O)CCCN.Cl. The third-order valence-electron chi connectivity index (χ3n) is 6.08. The van der Waals surface area contributed by atoms with Gasteiger partial charge in [-0.3, -0.25) is 19.2 Å². The largest absolute Gasteiger partial charge is 0.467 e. The summed E-state index contributed by atoms with van der Waals surface area (Å²) in [5, 5.41) is 9.53. The van der Waals surface area contributed by atoms with Crippen molar-refractivity contribution in [2.75, 3.05) is 26.0 Å². The van der Waals surface area contributed by atoms with E-state index in [0.717, 1.165) is 18.2 Å². The molecule has 0 bridgehead atoms. The molecule has 2 aromatic rings. The van der Waals surface area contributed by atoms with Crippen molar-refractivity contribution in [3.63, 3.8) is 0 Å². The predicted molar refractivity (Wildman–Crippen MR) is 171 cm³/mol. The van der Waals surface area contributed by atoms with E-state index in [1.807, 2.05) is 24.3 Å². The molecule has 0 aliphatic heterocycles. The first-order chi connectivity index (χ1) is 21.1. The first-order valence-corrected chi connectivity index (χ1v) is 14.9. The van der Waals surface area contributed by atoms with E-state index in [-0.39, 0.29) is 43.5 Å². The Hall–Kier alpha value is -4.14. The highest BCUT2D eigenvalue weighted by atomic mass is 35.5. The lowest BCUT2D eigenvalue weighted by Gasteiger charge is -2.20. The molecule has 2 aromatic carbocycles. The van der Waals surface area contributed by atoms with E-state index >= 15 is 0 Å². The summed E-state index contributed by atoms with van der Waals surface area (Å²) in [4.78, 5) is 74.8. The van der Waals surface area contributed by atoms with Gasteiger partial charge < -0.3 is 36.5 Å². The summed E-state index contributed by atoms with van der Waals surface area (Å²) < 4.78 is 9.85. The fourth-order valence-corrected chi connectivity index (χ4v) is 4.59. The lowest BCUT2D eigenvalue weighted by molar-refractivity contribution is -0.144. The van der Waals surface area contributed by atoms with Gasteiger partial charge in [0.2, 0.25) is 22.8 Å². The number of hydrogen-bond acceptors (Lipinski definition) is 10. The normalized spacial score (nSPS) is 12.2. The lowest BCUT2D eigenvalue weighted by atomic mass is 10.0. The van der Waals surface area contributed by atoms with Crippen molar-refractivity contribution in [3.8, 4) is 0 Å². The number of nitrogens with one attached hydrogen (secondary N) is 4. The molecule has 13 nitrogen and oxygen atoms in total. The van der Waals surface area contributed by atoms with E-state index in [1.165, 1.54) is 6.92 Å². The maximum atomic E-state index is 12.9. The Morgan fingerprint density at radius 1 is 0.844 bits per heavy atom. The van der Waals surface area contributed by atoms with E-state index in [0.29, 0.717) is 24.7 Å². The smallest absolute Gasteiger partial charge is 0.408 e. The van der Waals surface area contributed by atoms with Gasteiger partial charge in [0.05, 0.1) is 19.7 Å². The number of thioether (sulfide) groups is 1. The van der Waals surface area contributed by atoms with Crippen molar-refractivity contribution in [2.24, 2.45) is 5.73 Å². The van der Waals surface area contributed by atoms with Crippen LogP contribution in [0.2, 0.25) is 0 Å². The summed E-state index contributed by atoms with van der Waals surface area (Å²) in [7, 11) is 1.13. The van der Waals surface area contributed by atoms with Crippen molar-refractivity contribution in [1.82, 2.24) is 21.3 Å². The highest BCUT2D eigenvalue weighted by molar-refractivity contribution is 8.13. The van der Waals surface area contributed by atoms with Gasteiger partial charge in [0, 0.05) is 18.6 Å². The third-order valence-corrected chi connectivity index (χ3v) is 7.22. The number of carbonyl (C=O) groups is 6. The molecule has 0 radical (unpaired) electrons. The molecule has 0 aliphatic rings. The molecule has 0 unspecified atom stereocenters. The molecule has 45 heavy (non-hydrogen) atoms. The number of nitrogens with two attached hydrogens (primary N) is 1. The molecule has 4 amide bonds. The van der Waals surface area contributed by atoms with E-state index in [4.69, 9.17) is 15.2 Å². The Labute approximate surface area is 272 Å². The quantitative estimate of drug-likeness (QED) is 0.153. The fourth-order valence-electron chi connectivity index (χ4n) is 3.73. The first kappa shape index (κ1) is 38.9. The van der Waals surface area contributed by atoms with Gasteiger partial charge >= 0.3 is 12.1 Å². The molecule has 0 saturated carbocycles. The minimum absolute atomic E-state index is 0. The summed E-state index contributed by atoms with van der Waals surface area (Å²) in [6, 6.07) is 15.0. The van der Waals surface area contributed by atoms with E-state index < -0.39 is 53.7 Å². The van der Waals surface area contributed by atoms with Crippen LogP contribution in [-0.2, 0) is 46.5 Å². The molecule has 0 spiro atoms. The van der Waals surface area contributed by atoms with Gasteiger partial charge in [0.1, 0.15) is 18.7 Å². The predicted octanol–water partition coefficient (Wildman–Crippen LogP) is 1.22. The Morgan fingerprint density at radius 2 is 1.44 bits per heavy atom. The van der Waals surface area contributed by atoms with Crippen molar-refractivity contribution in [2.45, 2.75) is 50.9 Å². The molecule has 0 saturated heterocycles. The molecule has 3 atom stereocenters. The molecule has 0 heterocycles. The van der Waals surface area contributed by atoms with Crippen LogP contribution in [0.3, 0.4) is 0 Å². The zero-order valence-corrected chi connectivity index (χ0v) is 26.7. The number of alkyl carbamates (subject to hydrolysis) is 1. The number of rotatable bonds is 17. The van der Waals surface area contributed by atoms with Gasteiger partial charge in [0.15, 0.2) is 0 Å². The lowest BCUT2D eigenvalue weighted by Crippen LogP contribution is -2.52. The van der Waals surface area contributed by atoms with E-state index in [9.17, 15) is 28.8 Å². The maximum absolute atomic E-state index is 12.9. The summed E-state index contributed by atoms with van der Waals surface area (Å²) in [6.07, 6.45) is 0.00910. The number of amides is 4. The summed E-state index contributed by atoms with van der Waals surface area (Å²) in [6.45, 7) is 1.31. The molecule has 0 fully saturated rings. The number of carbonyl (C=O) groups excluding carboxylic acids is 6. The van der Waals surface area contributed by atoms with E-state index in [1.54, 1.807) is 36.4 Å². The number of ether oxygens (including phenoxy) is 2. The highest BCUT2D eigenvalue weighted by Crippen LogP contribution is 2.10. The first-order valence-electron chi connectivity index (χ1n) is 13.9. The van der Waals surface area contributed by atoms with Crippen LogP contribution in [0.25, 0.3) is 0 Å². The zero-order valence-electron chi connectivity index (χ0n) is 25.1. The van der Waals surface area contributed by atoms with Crippen LogP contribution in [-0.4, -0.2) is 79.0 Å². The third kappa shape index (κ3) is 15.4. The summed E-state index contributed by atoms with van der Waals surface area (Å²) in [5.41, 5.74) is 7.05. The van der Waals surface area contributed by atoms with Gasteiger partial charge in [-0.15, -0.1) is 12.4 Å².